The van der Waals surface area contributed by atoms with Gasteiger partial charge in [-0.25, -0.2) is 0 Å². The van der Waals surface area contributed by atoms with E-state index in [1.54, 1.807) is 0 Å². The van der Waals surface area contributed by atoms with Crippen molar-refractivity contribution in [3.63, 3.8) is 0 Å². The summed E-state index contributed by atoms with van der Waals surface area (Å²) < 4.78 is 21.5. The lowest BCUT2D eigenvalue weighted by molar-refractivity contribution is 0.348. The molecule has 0 spiro atoms. The number of fused-ring (bicyclic) bond motifs is 1. The predicted octanol–water partition coefficient (Wildman–Crippen LogP) is 1.75. The van der Waals surface area contributed by atoms with Gasteiger partial charge < -0.3 is 10.2 Å². The molecule has 0 amide bonds. The van der Waals surface area contributed by atoms with Crippen molar-refractivity contribution in [2.24, 2.45) is 0 Å². The van der Waals surface area contributed by atoms with Gasteiger partial charge in [0.2, 0.25) is 10.2 Å². The highest BCUT2D eigenvalue weighted by molar-refractivity contribution is 7.98. The molecule has 1 unspecified atom stereocenters. The third-order valence-electron chi connectivity index (χ3n) is 3.60. The fraction of sp³-hybridized carbons (Fsp3) is 0.417. The second-order valence-corrected chi connectivity index (χ2v) is 7.95. The smallest absolute Gasteiger partial charge is 0.218 e. The number of halogens is 1. The largest absolute Gasteiger partial charge is 0.353 e. The molecule has 2 heterocycles. The summed E-state index contributed by atoms with van der Waals surface area (Å²) in [4.78, 5) is 1.98. The zero-order valence-electron chi connectivity index (χ0n) is 10.1. The van der Waals surface area contributed by atoms with Crippen LogP contribution in [0.3, 0.4) is 0 Å². The Morgan fingerprint density at radius 2 is 2.21 bits per heavy atom. The van der Waals surface area contributed by atoms with E-state index < -0.39 is 10.2 Å². The number of nitrogens with one attached hydrogen (secondary N) is 1. The van der Waals surface area contributed by atoms with Crippen LogP contribution < -0.4 is 5.32 Å². The van der Waals surface area contributed by atoms with Crippen molar-refractivity contribution in [2.45, 2.75) is 18.6 Å². The molecule has 2 aliphatic rings. The molecule has 2 fully saturated rings. The molecule has 1 aromatic carbocycles. The zero-order chi connectivity index (χ0) is 13.6. The second kappa shape index (κ2) is 4.70. The Labute approximate surface area is 123 Å². The number of nitrogens with zero attached hydrogens (tertiary/aromatic N) is 1. The molecular formula is C12H14ClN2O2S2+. The second-order valence-electron chi connectivity index (χ2n) is 4.95. The van der Waals surface area contributed by atoms with Gasteiger partial charge in [-0.3, -0.25) is 0 Å². The lowest BCUT2D eigenvalue weighted by atomic mass is 10.1. The minimum absolute atomic E-state index is 0.0127. The molecule has 1 aromatic rings. The molecular weight excluding hydrogens is 304 g/mol. The summed E-state index contributed by atoms with van der Waals surface area (Å²) in [5.41, 5.74) is 0.977. The normalized spacial score (nSPS) is 33.4. The van der Waals surface area contributed by atoms with Gasteiger partial charge in [0.1, 0.15) is 12.1 Å². The van der Waals surface area contributed by atoms with Crippen LogP contribution in [0.15, 0.2) is 24.3 Å². The molecule has 0 saturated carbocycles. The maximum atomic E-state index is 11.8. The Bertz CT molecular complexity index is 581. The minimum atomic E-state index is -2.71. The first kappa shape index (κ1) is 13.3. The maximum Gasteiger partial charge on any atom is 0.218 e. The Balaban J connectivity index is 1.83. The highest BCUT2D eigenvalue weighted by Gasteiger charge is 2.53. The van der Waals surface area contributed by atoms with Crippen LogP contribution in [0.4, 0.5) is 0 Å². The molecule has 102 valence electrons. The first-order valence-corrected chi connectivity index (χ1v) is 8.63. The summed E-state index contributed by atoms with van der Waals surface area (Å²) in [6.07, 6.45) is 0. The van der Waals surface area contributed by atoms with Crippen molar-refractivity contribution in [3.8, 4) is 0 Å². The topological polar surface area (TPSA) is 52.6 Å². The zero-order valence-corrected chi connectivity index (χ0v) is 12.5. The molecule has 3 rings (SSSR count). The molecule has 2 N–H and O–H groups in total. The van der Waals surface area contributed by atoms with Crippen molar-refractivity contribution in [3.05, 3.63) is 34.9 Å². The third kappa shape index (κ3) is 2.50. The summed E-state index contributed by atoms with van der Waals surface area (Å²) in [6.45, 7) is 0.572. The van der Waals surface area contributed by atoms with E-state index in [1.165, 1.54) is 0 Å². The van der Waals surface area contributed by atoms with Gasteiger partial charge >= 0.3 is 0 Å². The minimum Gasteiger partial charge on any atom is -0.353 e. The molecule has 0 bridgehead atoms. The van der Waals surface area contributed by atoms with Crippen molar-refractivity contribution in [2.75, 3.05) is 11.5 Å². The lowest BCUT2D eigenvalue weighted by Crippen LogP contribution is -2.36. The van der Waals surface area contributed by atoms with E-state index in [9.17, 15) is 8.76 Å². The number of benzene rings is 1. The first-order chi connectivity index (χ1) is 8.96. The van der Waals surface area contributed by atoms with E-state index in [-0.39, 0.29) is 23.6 Å². The van der Waals surface area contributed by atoms with Gasteiger partial charge in [0.05, 0.1) is 0 Å². The molecule has 3 atom stereocenters. The van der Waals surface area contributed by atoms with E-state index in [1.807, 2.05) is 29.2 Å². The standard InChI is InChI=1S/C12H13ClN2O2S2/c13-9-4-2-1-3-8(9)5-15-11-7-19(16,17)6-10(11)14-12(15)18/h1-4,10-11H,5-7H2,(H-,14,16,17,18)/p+1/t10-,11-/m0/s1. The van der Waals surface area contributed by atoms with Crippen LogP contribution in [-0.4, -0.2) is 38.2 Å². The molecule has 2 saturated heterocycles. The number of rotatable bonds is 2. The molecule has 0 aromatic heterocycles. The van der Waals surface area contributed by atoms with Crippen LogP contribution >= 0.6 is 23.8 Å². The average Bonchev–Trinajstić information content (AvgIpc) is 2.75. The first-order valence-electron chi connectivity index (χ1n) is 5.99. The molecule has 0 aliphatic carbocycles. The van der Waals surface area contributed by atoms with Crippen LogP contribution in [-0.2, 0) is 21.0 Å². The Morgan fingerprint density at radius 3 is 2.95 bits per heavy atom. The molecule has 4 nitrogen and oxygen atoms in total. The van der Waals surface area contributed by atoms with Crippen molar-refractivity contribution in [1.82, 2.24) is 10.2 Å². The van der Waals surface area contributed by atoms with E-state index in [4.69, 9.17) is 23.8 Å². The van der Waals surface area contributed by atoms with Gasteiger partial charge in [0.25, 0.3) is 0 Å². The summed E-state index contributed by atoms with van der Waals surface area (Å²) in [5.74, 6) is 0.548. The van der Waals surface area contributed by atoms with Crippen molar-refractivity contribution < 1.29 is 8.76 Å². The summed E-state index contributed by atoms with van der Waals surface area (Å²) >= 11 is 11.5. The van der Waals surface area contributed by atoms with Gasteiger partial charge in [-0.1, -0.05) is 34.0 Å². The Morgan fingerprint density at radius 1 is 1.47 bits per heavy atom. The Hall–Kier alpha value is -0.690. The van der Waals surface area contributed by atoms with E-state index in [0.717, 1.165) is 5.56 Å². The summed E-state index contributed by atoms with van der Waals surface area (Å²) in [6, 6.07) is 7.56. The van der Waals surface area contributed by atoms with E-state index in [2.05, 4.69) is 5.32 Å². The van der Waals surface area contributed by atoms with Crippen LogP contribution in [0.25, 0.3) is 0 Å². The molecule has 0 radical (unpaired) electrons. The van der Waals surface area contributed by atoms with Crippen molar-refractivity contribution in [1.29, 1.82) is 0 Å². The quantitative estimate of drug-likeness (QED) is 0.643. The highest BCUT2D eigenvalue weighted by Crippen LogP contribution is 2.29. The molecule has 19 heavy (non-hydrogen) atoms. The predicted molar refractivity (Wildman–Crippen MR) is 80.7 cm³/mol. The monoisotopic (exact) mass is 317 g/mol. The summed E-state index contributed by atoms with van der Waals surface area (Å²) in [5, 5.41) is 4.47. The van der Waals surface area contributed by atoms with Gasteiger partial charge in [-0.15, -0.1) is 0 Å². The van der Waals surface area contributed by atoms with Gasteiger partial charge in [0.15, 0.2) is 16.6 Å². The number of hydrogen-bond acceptors (Lipinski definition) is 2. The van der Waals surface area contributed by atoms with E-state index >= 15 is 0 Å². The van der Waals surface area contributed by atoms with Gasteiger partial charge in [-0.05, 0) is 23.8 Å². The number of hydrogen-bond donors (Lipinski definition) is 2. The third-order valence-corrected chi connectivity index (χ3v) is 6.07. The van der Waals surface area contributed by atoms with Crippen LogP contribution in [0.2, 0.25) is 5.02 Å². The fourth-order valence-electron chi connectivity index (χ4n) is 2.68. The van der Waals surface area contributed by atoms with Crippen LogP contribution in [0.5, 0.6) is 0 Å². The van der Waals surface area contributed by atoms with Crippen LogP contribution in [0.1, 0.15) is 5.56 Å². The van der Waals surface area contributed by atoms with Gasteiger partial charge in [0, 0.05) is 11.6 Å². The summed E-state index contributed by atoms with van der Waals surface area (Å²) in [7, 11) is -2.71. The van der Waals surface area contributed by atoms with Crippen molar-refractivity contribution >= 4 is 39.1 Å². The number of thiocarbonyl (C=S) groups is 1. The molecule has 2 aliphatic heterocycles. The lowest BCUT2D eigenvalue weighted by Gasteiger charge is -2.22. The maximum absolute atomic E-state index is 11.8. The highest BCUT2D eigenvalue weighted by atomic mass is 35.5. The molecule has 7 heteroatoms. The Kier molecular flexibility index (Phi) is 3.29. The van der Waals surface area contributed by atoms with Gasteiger partial charge in [-0.2, -0.15) is 4.55 Å². The average molecular weight is 318 g/mol. The van der Waals surface area contributed by atoms with Crippen LogP contribution in [0, 0.1) is 0 Å². The SMILES string of the molecule is O=[S+]1(O)C[C@@H]2NC(=S)N(Cc3ccccc3Cl)[C@H]2C1. The van der Waals surface area contributed by atoms with E-state index in [0.29, 0.717) is 16.7 Å². The fourth-order valence-corrected chi connectivity index (χ4v) is 5.17.